The molecule has 25 heavy (non-hydrogen) atoms. The molecule has 124 valence electrons. The summed E-state index contributed by atoms with van der Waals surface area (Å²) in [6.07, 6.45) is 3.12. The lowest BCUT2D eigenvalue weighted by Gasteiger charge is -2.18. The third-order valence-electron chi connectivity index (χ3n) is 4.40. The van der Waals surface area contributed by atoms with Gasteiger partial charge in [-0.2, -0.15) is 0 Å². The molecule has 0 atom stereocenters. The Hall–Kier alpha value is -3.14. The Balaban J connectivity index is 1.43. The highest BCUT2D eigenvalue weighted by Gasteiger charge is 2.20. The maximum absolute atomic E-state index is 12.1. The minimum absolute atomic E-state index is 0.0349. The lowest BCUT2D eigenvalue weighted by molar-refractivity contribution is -0.115. The second kappa shape index (κ2) is 6.77. The van der Waals surface area contributed by atoms with Gasteiger partial charge in [0, 0.05) is 12.2 Å². The summed E-state index contributed by atoms with van der Waals surface area (Å²) in [5.41, 5.74) is 4.29. The topological polar surface area (TPSA) is 45.2 Å². The van der Waals surface area contributed by atoms with E-state index in [9.17, 15) is 4.79 Å². The van der Waals surface area contributed by atoms with Crippen molar-refractivity contribution in [3.05, 3.63) is 84.1 Å². The first-order chi connectivity index (χ1) is 12.3. The Labute approximate surface area is 147 Å². The molecular formula is C21H19N3O. The number of carbonyl (C=O) groups is 1. The second-order valence-corrected chi connectivity index (χ2v) is 6.15. The predicted molar refractivity (Wildman–Crippen MR) is 100 cm³/mol. The number of rotatable bonds is 4. The van der Waals surface area contributed by atoms with Crippen LogP contribution in [-0.4, -0.2) is 17.4 Å². The molecule has 1 amide bonds. The Bertz CT molecular complexity index is 875. The molecule has 0 bridgehead atoms. The fourth-order valence-corrected chi connectivity index (χ4v) is 3.18. The van der Waals surface area contributed by atoms with E-state index in [4.69, 9.17) is 0 Å². The zero-order chi connectivity index (χ0) is 17.1. The molecule has 4 rings (SSSR count). The molecule has 0 aliphatic carbocycles. The van der Waals surface area contributed by atoms with Crippen LogP contribution in [0.2, 0.25) is 0 Å². The number of fused-ring (bicyclic) bond motifs is 1. The van der Waals surface area contributed by atoms with E-state index in [1.54, 1.807) is 6.20 Å². The SMILES string of the molecule is O=C(Cc1ccccc1)Nc1ccc(N2CCc3ccccc32)nc1. The number of benzene rings is 2. The average Bonchev–Trinajstić information content (AvgIpc) is 3.07. The number of carbonyl (C=O) groups excluding carboxylic acids is 1. The normalized spacial score (nSPS) is 12.7. The Morgan fingerprint density at radius 3 is 2.60 bits per heavy atom. The summed E-state index contributed by atoms with van der Waals surface area (Å²) in [6, 6.07) is 22.0. The fourth-order valence-electron chi connectivity index (χ4n) is 3.18. The largest absolute Gasteiger partial charge is 0.326 e. The van der Waals surface area contributed by atoms with Crippen molar-refractivity contribution in [3.63, 3.8) is 0 Å². The second-order valence-electron chi connectivity index (χ2n) is 6.15. The molecule has 0 unspecified atom stereocenters. The highest BCUT2D eigenvalue weighted by Crippen LogP contribution is 2.33. The van der Waals surface area contributed by atoms with Crippen LogP contribution in [0.3, 0.4) is 0 Å². The molecule has 1 aliphatic rings. The van der Waals surface area contributed by atoms with Gasteiger partial charge in [0.25, 0.3) is 0 Å². The van der Waals surface area contributed by atoms with Crippen LogP contribution in [-0.2, 0) is 17.6 Å². The lowest BCUT2D eigenvalue weighted by atomic mass is 10.1. The van der Waals surface area contributed by atoms with Crippen molar-refractivity contribution in [2.75, 3.05) is 16.8 Å². The van der Waals surface area contributed by atoms with Gasteiger partial charge < -0.3 is 10.2 Å². The van der Waals surface area contributed by atoms with Gasteiger partial charge in [0.1, 0.15) is 5.82 Å². The Morgan fingerprint density at radius 1 is 1.00 bits per heavy atom. The molecule has 1 aromatic heterocycles. The molecule has 4 nitrogen and oxygen atoms in total. The molecule has 3 aromatic rings. The molecule has 0 fully saturated rings. The van der Waals surface area contributed by atoms with Gasteiger partial charge in [-0.25, -0.2) is 4.98 Å². The highest BCUT2D eigenvalue weighted by atomic mass is 16.1. The number of hydrogen-bond acceptors (Lipinski definition) is 3. The minimum Gasteiger partial charge on any atom is -0.326 e. The first-order valence-corrected chi connectivity index (χ1v) is 8.45. The van der Waals surface area contributed by atoms with Gasteiger partial charge in [-0.3, -0.25) is 4.79 Å². The van der Waals surface area contributed by atoms with Crippen molar-refractivity contribution in [1.82, 2.24) is 4.98 Å². The van der Waals surface area contributed by atoms with E-state index >= 15 is 0 Å². The maximum atomic E-state index is 12.1. The number of para-hydroxylation sites is 1. The van der Waals surface area contributed by atoms with Crippen molar-refractivity contribution < 1.29 is 4.79 Å². The summed E-state index contributed by atoms with van der Waals surface area (Å²) in [7, 11) is 0. The third kappa shape index (κ3) is 3.38. The zero-order valence-electron chi connectivity index (χ0n) is 13.9. The van der Waals surface area contributed by atoms with Crippen LogP contribution < -0.4 is 10.2 Å². The monoisotopic (exact) mass is 329 g/mol. The van der Waals surface area contributed by atoms with Gasteiger partial charge in [0.15, 0.2) is 0 Å². The van der Waals surface area contributed by atoms with Crippen LogP contribution in [0.5, 0.6) is 0 Å². The van der Waals surface area contributed by atoms with E-state index < -0.39 is 0 Å². The molecule has 4 heteroatoms. The minimum atomic E-state index is -0.0349. The molecule has 1 aliphatic heterocycles. The molecular weight excluding hydrogens is 310 g/mol. The van der Waals surface area contributed by atoms with Gasteiger partial charge in [0.05, 0.1) is 18.3 Å². The first kappa shape index (κ1) is 15.4. The van der Waals surface area contributed by atoms with Crippen LogP contribution in [0, 0.1) is 0 Å². The number of nitrogens with one attached hydrogen (secondary N) is 1. The van der Waals surface area contributed by atoms with Crippen molar-refractivity contribution in [3.8, 4) is 0 Å². The van der Waals surface area contributed by atoms with E-state index in [1.165, 1.54) is 11.3 Å². The summed E-state index contributed by atoms with van der Waals surface area (Å²) in [5.74, 6) is 0.873. The number of pyridine rings is 1. The van der Waals surface area contributed by atoms with Gasteiger partial charge in [0.2, 0.25) is 5.91 Å². The van der Waals surface area contributed by atoms with Crippen LogP contribution in [0.25, 0.3) is 0 Å². The summed E-state index contributed by atoms with van der Waals surface area (Å²) >= 11 is 0. The molecule has 2 aromatic carbocycles. The highest BCUT2D eigenvalue weighted by molar-refractivity contribution is 5.92. The van der Waals surface area contributed by atoms with Crippen molar-refractivity contribution in [1.29, 1.82) is 0 Å². The van der Waals surface area contributed by atoms with E-state index in [2.05, 4.69) is 39.5 Å². The zero-order valence-corrected chi connectivity index (χ0v) is 13.9. The van der Waals surface area contributed by atoms with Crippen LogP contribution in [0.1, 0.15) is 11.1 Å². The summed E-state index contributed by atoms with van der Waals surface area (Å²) in [5, 5.41) is 2.91. The van der Waals surface area contributed by atoms with Crippen molar-refractivity contribution in [2.24, 2.45) is 0 Å². The Morgan fingerprint density at radius 2 is 1.80 bits per heavy atom. The van der Waals surface area contributed by atoms with Gasteiger partial charge >= 0.3 is 0 Å². The lowest BCUT2D eigenvalue weighted by Crippen LogP contribution is -2.16. The van der Waals surface area contributed by atoms with Crippen LogP contribution in [0.15, 0.2) is 72.9 Å². The van der Waals surface area contributed by atoms with E-state index in [0.717, 1.165) is 30.0 Å². The smallest absolute Gasteiger partial charge is 0.228 e. The van der Waals surface area contributed by atoms with E-state index in [0.29, 0.717) is 6.42 Å². The number of nitrogens with zero attached hydrogens (tertiary/aromatic N) is 2. The summed E-state index contributed by atoms with van der Waals surface area (Å²) in [6.45, 7) is 0.937. The number of anilines is 3. The molecule has 1 N–H and O–H groups in total. The first-order valence-electron chi connectivity index (χ1n) is 8.45. The molecule has 0 radical (unpaired) electrons. The Kier molecular flexibility index (Phi) is 4.17. The maximum Gasteiger partial charge on any atom is 0.228 e. The van der Waals surface area contributed by atoms with Crippen LogP contribution >= 0.6 is 0 Å². The molecule has 0 spiro atoms. The van der Waals surface area contributed by atoms with E-state index in [-0.39, 0.29) is 5.91 Å². The number of aromatic nitrogens is 1. The quantitative estimate of drug-likeness (QED) is 0.788. The van der Waals surface area contributed by atoms with Gasteiger partial charge in [-0.1, -0.05) is 48.5 Å². The van der Waals surface area contributed by atoms with Crippen molar-refractivity contribution >= 4 is 23.1 Å². The number of amides is 1. The van der Waals surface area contributed by atoms with Gasteiger partial charge in [-0.05, 0) is 35.7 Å². The summed E-state index contributed by atoms with van der Waals surface area (Å²) in [4.78, 5) is 18.9. The molecule has 0 saturated heterocycles. The van der Waals surface area contributed by atoms with Gasteiger partial charge in [-0.15, -0.1) is 0 Å². The predicted octanol–water partition coefficient (Wildman–Crippen LogP) is 3.96. The molecule has 2 heterocycles. The average molecular weight is 329 g/mol. The summed E-state index contributed by atoms with van der Waals surface area (Å²) < 4.78 is 0. The molecule has 0 saturated carbocycles. The van der Waals surface area contributed by atoms with Crippen LogP contribution in [0.4, 0.5) is 17.2 Å². The van der Waals surface area contributed by atoms with E-state index in [1.807, 2.05) is 42.5 Å². The number of hydrogen-bond donors (Lipinski definition) is 1. The standard InChI is InChI=1S/C21H19N3O/c25-21(14-16-6-2-1-3-7-16)23-18-10-11-20(22-15-18)24-13-12-17-8-4-5-9-19(17)24/h1-11,15H,12-14H2,(H,23,25). The fraction of sp³-hybridized carbons (Fsp3) is 0.143. The third-order valence-corrected chi connectivity index (χ3v) is 4.40. The van der Waals surface area contributed by atoms with Crippen molar-refractivity contribution in [2.45, 2.75) is 12.8 Å².